The summed E-state index contributed by atoms with van der Waals surface area (Å²) in [5.74, 6) is -1.30. The summed E-state index contributed by atoms with van der Waals surface area (Å²) in [6.07, 6.45) is 2.29. The first-order valence-electron chi connectivity index (χ1n) is 6.61. The van der Waals surface area contributed by atoms with Gasteiger partial charge < -0.3 is 5.32 Å². The van der Waals surface area contributed by atoms with E-state index >= 15 is 0 Å². The number of halogens is 2. The van der Waals surface area contributed by atoms with Crippen molar-refractivity contribution in [3.05, 3.63) is 35.4 Å². The molecule has 3 nitrogen and oxygen atoms in total. The van der Waals surface area contributed by atoms with Gasteiger partial charge in [-0.3, -0.25) is 0 Å². The van der Waals surface area contributed by atoms with Crippen molar-refractivity contribution in [2.75, 3.05) is 12.8 Å². The molecule has 0 amide bonds. The molecule has 0 aliphatic carbocycles. The van der Waals surface area contributed by atoms with Crippen LogP contribution in [-0.4, -0.2) is 32.5 Å². The second kappa shape index (κ2) is 7.13. The first-order valence-corrected chi connectivity index (χ1v) is 8.56. The zero-order chi connectivity index (χ0) is 15.3. The molecular formula is C14H21F2NO2S. The molecule has 0 bridgehead atoms. The molecular weight excluding hydrogens is 284 g/mol. The minimum Gasteiger partial charge on any atom is -0.312 e. The molecule has 1 N–H and O–H groups in total. The molecule has 2 unspecified atom stereocenters. The summed E-state index contributed by atoms with van der Waals surface area (Å²) in [5.41, 5.74) is 0.451. The lowest BCUT2D eigenvalue weighted by molar-refractivity contribution is 0.479. The van der Waals surface area contributed by atoms with Crippen LogP contribution in [0.2, 0.25) is 0 Å². The molecule has 0 aromatic heterocycles. The molecule has 1 rings (SSSR count). The van der Waals surface area contributed by atoms with Crippen LogP contribution < -0.4 is 5.32 Å². The molecule has 0 aliphatic heterocycles. The molecule has 1 aromatic carbocycles. The van der Waals surface area contributed by atoms with Gasteiger partial charge in [0.25, 0.3) is 0 Å². The molecule has 114 valence electrons. The third-order valence-electron chi connectivity index (χ3n) is 3.28. The Balaban J connectivity index is 2.94. The standard InChI is InChI=1S/C14H21F2NO2S/c1-4-5-17-14(10(2)20(3,18)19)8-11-6-12(15)9-13(16)7-11/h6-7,9-10,14,17H,4-5,8H2,1-3H3. The minimum atomic E-state index is -3.22. The van der Waals surface area contributed by atoms with Crippen LogP contribution in [0.1, 0.15) is 25.8 Å². The van der Waals surface area contributed by atoms with Gasteiger partial charge in [-0.05, 0) is 44.0 Å². The highest BCUT2D eigenvalue weighted by Crippen LogP contribution is 2.14. The Bertz CT molecular complexity index is 526. The van der Waals surface area contributed by atoms with Crippen LogP contribution in [-0.2, 0) is 16.3 Å². The number of hydrogen-bond acceptors (Lipinski definition) is 3. The maximum absolute atomic E-state index is 13.2. The third-order valence-corrected chi connectivity index (χ3v) is 4.96. The Morgan fingerprint density at radius 1 is 1.20 bits per heavy atom. The monoisotopic (exact) mass is 305 g/mol. The van der Waals surface area contributed by atoms with Gasteiger partial charge in [0.05, 0.1) is 5.25 Å². The Morgan fingerprint density at radius 2 is 1.75 bits per heavy atom. The fraction of sp³-hybridized carbons (Fsp3) is 0.571. The van der Waals surface area contributed by atoms with Crippen LogP contribution in [0.5, 0.6) is 0 Å². The fourth-order valence-corrected chi connectivity index (χ4v) is 2.80. The zero-order valence-electron chi connectivity index (χ0n) is 12.0. The summed E-state index contributed by atoms with van der Waals surface area (Å²) < 4.78 is 49.7. The molecule has 20 heavy (non-hydrogen) atoms. The van der Waals surface area contributed by atoms with Crippen LogP contribution >= 0.6 is 0 Å². The largest absolute Gasteiger partial charge is 0.312 e. The van der Waals surface area contributed by atoms with Gasteiger partial charge in [0, 0.05) is 18.4 Å². The highest BCUT2D eigenvalue weighted by Gasteiger charge is 2.25. The van der Waals surface area contributed by atoms with Crippen LogP contribution in [0.25, 0.3) is 0 Å². The van der Waals surface area contributed by atoms with E-state index in [0.717, 1.165) is 12.5 Å². The Labute approximate surface area is 119 Å². The predicted octanol–water partition coefficient (Wildman–Crippen LogP) is 2.31. The van der Waals surface area contributed by atoms with Gasteiger partial charge in [-0.2, -0.15) is 0 Å². The molecule has 0 saturated heterocycles. The smallest absolute Gasteiger partial charge is 0.151 e. The summed E-state index contributed by atoms with van der Waals surface area (Å²) in [4.78, 5) is 0. The highest BCUT2D eigenvalue weighted by atomic mass is 32.2. The lowest BCUT2D eigenvalue weighted by Gasteiger charge is -2.24. The highest BCUT2D eigenvalue weighted by molar-refractivity contribution is 7.91. The predicted molar refractivity (Wildman–Crippen MR) is 76.4 cm³/mol. The van der Waals surface area contributed by atoms with Crippen LogP contribution in [0.15, 0.2) is 18.2 Å². The first kappa shape index (κ1) is 17.0. The van der Waals surface area contributed by atoms with Crippen molar-refractivity contribution in [2.24, 2.45) is 0 Å². The minimum absolute atomic E-state index is 0.267. The van der Waals surface area contributed by atoms with Crippen LogP contribution in [0, 0.1) is 11.6 Å². The van der Waals surface area contributed by atoms with Gasteiger partial charge in [0.15, 0.2) is 9.84 Å². The summed E-state index contributed by atoms with van der Waals surface area (Å²) >= 11 is 0. The van der Waals surface area contributed by atoms with Crippen molar-refractivity contribution >= 4 is 9.84 Å². The summed E-state index contributed by atoms with van der Waals surface area (Å²) in [6, 6.07) is 2.90. The van der Waals surface area contributed by atoms with E-state index in [-0.39, 0.29) is 12.5 Å². The van der Waals surface area contributed by atoms with E-state index in [1.54, 1.807) is 6.92 Å². The topological polar surface area (TPSA) is 46.2 Å². The number of sulfone groups is 1. The van der Waals surface area contributed by atoms with E-state index in [2.05, 4.69) is 5.32 Å². The third kappa shape index (κ3) is 5.17. The molecule has 1 aromatic rings. The lowest BCUT2D eigenvalue weighted by atomic mass is 10.0. The number of rotatable bonds is 7. The van der Waals surface area contributed by atoms with E-state index in [0.29, 0.717) is 12.1 Å². The van der Waals surface area contributed by atoms with E-state index in [4.69, 9.17) is 0 Å². The molecule has 0 heterocycles. The van der Waals surface area contributed by atoms with Crippen molar-refractivity contribution in [1.29, 1.82) is 0 Å². The van der Waals surface area contributed by atoms with Crippen molar-refractivity contribution in [1.82, 2.24) is 5.32 Å². The molecule has 0 aliphatic rings. The van der Waals surface area contributed by atoms with E-state index in [1.807, 2.05) is 6.92 Å². The number of hydrogen-bond donors (Lipinski definition) is 1. The maximum atomic E-state index is 13.2. The van der Waals surface area contributed by atoms with Gasteiger partial charge in [0.1, 0.15) is 11.6 Å². The van der Waals surface area contributed by atoms with Crippen LogP contribution in [0.4, 0.5) is 8.78 Å². The van der Waals surface area contributed by atoms with Crippen molar-refractivity contribution in [3.8, 4) is 0 Å². The average Bonchev–Trinajstić information content (AvgIpc) is 2.31. The van der Waals surface area contributed by atoms with Gasteiger partial charge in [0.2, 0.25) is 0 Å². The quantitative estimate of drug-likeness (QED) is 0.841. The SMILES string of the molecule is CCCNC(Cc1cc(F)cc(F)c1)C(C)S(C)(=O)=O. The van der Waals surface area contributed by atoms with Crippen molar-refractivity contribution in [2.45, 2.75) is 38.0 Å². The normalized spacial score (nSPS) is 15.1. The zero-order valence-corrected chi connectivity index (χ0v) is 12.8. The molecule has 6 heteroatoms. The lowest BCUT2D eigenvalue weighted by Crippen LogP contribution is -2.44. The second-order valence-corrected chi connectivity index (χ2v) is 7.48. The van der Waals surface area contributed by atoms with Crippen molar-refractivity contribution < 1.29 is 17.2 Å². The van der Waals surface area contributed by atoms with Gasteiger partial charge in [-0.15, -0.1) is 0 Å². The van der Waals surface area contributed by atoms with E-state index in [9.17, 15) is 17.2 Å². The van der Waals surface area contributed by atoms with Crippen molar-refractivity contribution in [3.63, 3.8) is 0 Å². The summed E-state index contributed by atoms with van der Waals surface area (Å²) in [6.45, 7) is 4.23. The van der Waals surface area contributed by atoms with E-state index < -0.39 is 26.7 Å². The first-order chi connectivity index (χ1) is 9.24. The summed E-state index contributed by atoms with van der Waals surface area (Å²) in [5, 5.41) is 2.51. The maximum Gasteiger partial charge on any atom is 0.151 e. The molecule has 0 fully saturated rings. The Morgan fingerprint density at radius 3 is 2.20 bits per heavy atom. The average molecular weight is 305 g/mol. The molecule has 0 spiro atoms. The number of benzene rings is 1. The molecule has 0 radical (unpaired) electrons. The molecule has 2 atom stereocenters. The fourth-order valence-electron chi connectivity index (χ4n) is 2.01. The van der Waals surface area contributed by atoms with E-state index in [1.165, 1.54) is 18.4 Å². The Hall–Kier alpha value is -1.01. The molecule has 0 saturated carbocycles. The Kier molecular flexibility index (Phi) is 6.07. The summed E-state index contributed by atoms with van der Waals surface area (Å²) in [7, 11) is -3.22. The van der Waals surface area contributed by atoms with Gasteiger partial charge >= 0.3 is 0 Å². The van der Waals surface area contributed by atoms with Crippen LogP contribution in [0.3, 0.4) is 0 Å². The van der Waals surface area contributed by atoms with Gasteiger partial charge in [-0.1, -0.05) is 6.92 Å². The van der Waals surface area contributed by atoms with Gasteiger partial charge in [-0.25, -0.2) is 17.2 Å². The number of nitrogens with one attached hydrogen (secondary N) is 1. The second-order valence-electron chi connectivity index (χ2n) is 5.08.